The van der Waals surface area contributed by atoms with Crippen LogP contribution in [0.25, 0.3) is 0 Å². The van der Waals surface area contributed by atoms with Gasteiger partial charge in [-0.1, -0.05) is 31.5 Å². The fourth-order valence-corrected chi connectivity index (χ4v) is 4.04. The van der Waals surface area contributed by atoms with Crippen molar-refractivity contribution in [3.63, 3.8) is 0 Å². The van der Waals surface area contributed by atoms with Crippen LogP contribution in [-0.2, 0) is 19.1 Å². The number of benzene rings is 1. The summed E-state index contributed by atoms with van der Waals surface area (Å²) >= 11 is 0. The zero-order valence-corrected chi connectivity index (χ0v) is 22.5. The zero-order chi connectivity index (χ0) is 27.6. The van der Waals surface area contributed by atoms with Gasteiger partial charge in [0.1, 0.15) is 17.7 Å². The van der Waals surface area contributed by atoms with Crippen LogP contribution in [0, 0.1) is 13.8 Å². The van der Waals surface area contributed by atoms with Crippen molar-refractivity contribution in [2.24, 2.45) is 5.73 Å². The molecule has 0 saturated heterocycles. The first-order valence-electron chi connectivity index (χ1n) is 12.3. The minimum absolute atomic E-state index is 0.151. The molecule has 10 nitrogen and oxygen atoms in total. The van der Waals surface area contributed by atoms with E-state index in [0.717, 1.165) is 24.0 Å². The molecule has 1 aromatic carbocycles. The molecule has 0 bridgehead atoms. The molecule has 10 heteroatoms. The van der Waals surface area contributed by atoms with E-state index in [4.69, 9.17) is 10.5 Å². The van der Waals surface area contributed by atoms with Crippen LogP contribution in [0.5, 0.6) is 0 Å². The Bertz CT molecular complexity index is 907. The van der Waals surface area contributed by atoms with E-state index in [0.29, 0.717) is 5.56 Å². The van der Waals surface area contributed by atoms with E-state index < -0.39 is 54.5 Å². The normalized spacial score (nSPS) is 13.8. The Balaban J connectivity index is 3.54. The number of carbonyl (C=O) groups is 4. The fraction of sp³-hybridized carbons (Fsp3) is 0.615. The number of primary amides is 1. The van der Waals surface area contributed by atoms with Crippen LogP contribution in [0.2, 0.25) is 0 Å². The lowest BCUT2D eigenvalue weighted by Crippen LogP contribution is -2.55. The molecule has 0 saturated carbocycles. The van der Waals surface area contributed by atoms with Gasteiger partial charge >= 0.3 is 6.09 Å². The van der Waals surface area contributed by atoms with Crippen molar-refractivity contribution in [1.82, 2.24) is 15.5 Å². The van der Waals surface area contributed by atoms with Crippen LogP contribution >= 0.6 is 0 Å². The summed E-state index contributed by atoms with van der Waals surface area (Å²) in [5, 5.41) is 15.2. The van der Waals surface area contributed by atoms with Crippen LogP contribution in [0.3, 0.4) is 0 Å². The lowest BCUT2D eigenvalue weighted by Gasteiger charge is -2.35. The lowest BCUT2D eigenvalue weighted by atomic mass is 9.93. The molecule has 4 amide bonds. The average molecular weight is 507 g/mol. The number of carbonyl (C=O) groups excluding carboxylic acids is 4. The highest BCUT2D eigenvalue weighted by atomic mass is 16.6. The number of hydrogen-bond donors (Lipinski definition) is 4. The van der Waals surface area contributed by atoms with Crippen molar-refractivity contribution < 1.29 is 29.0 Å². The van der Waals surface area contributed by atoms with E-state index >= 15 is 0 Å². The van der Waals surface area contributed by atoms with Crippen molar-refractivity contribution in [3.05, 3.63) is 34.9 Å². The van der Waals surface area contributed by atoms with Crippen LogP contribution < -0.4 is 16.4 Å². The third kappa shape index (κ3) is 9.49. The van der Waals surface area contributed by atoms with Gasteiger partial charge in [-0.05, 0) is 64.7 Å². The molecule has 0 aliphatic heterocycles. The first kappa shape index (κ1) is 30.9. The third-order valence-corrected chi connectivity index (χ3v) is 5.50. The summed E-state index contributed by atoms with van der Waals surface area (Å²) in [5.74, 6) is -1.98. The highest BCUT2D eigenvalue weighted by Gasteiger charge is 2.38. The van der Waals surface area contributed by atoms with Crippen LogP contribution in [-0.4, -0.2) is 64.7 Å². The van der Waals surface area contributed by atoms with Gasteiger partial charge in [0.25, 0.3) is 0 Å². The number of nitrogens with one attached hydrogen (secondary N) is 2. The summed E-state index contributed by atoms with van der Waals surface area (Å²) in [6.45, 7) is 11.9. The van der Waals surface area contributed by atoms with Gasteiger partial charge in [0.15, 0.2) is 0 Å². The number of nitrogens with two attached hydrogens (primary N) is 1. The number of aliphatic hydroxyl groups is 1. The van der Waals surface area contributed by atoms with Crippen molar-refractivity contribution in [1.29, 1.82) is 0 Å². The van der Waals surface area contributed by atoms with Gasteiger partial charge in [0.2, 0.25) is 17.7 Å². The second-order valence-electron chi connectivity index (χ2n) is 10.0. The van der Waals surface area contributed by atoms with Gasteiger partial charge in [-0.15, -0.1) is 0 Å². The quantitative estimate of drug-likeness (QED) is 0.341. The largest absolute Gasteiger partial charge is 0.444 e. The number of aryl methyl sites for hydroxylation is 2. The first-order valence-corrected chi connectivity index (χ1v) is 12.3. The lowest BCUT2D eigenvalue weighted by molar-refractivity contribution is -0.144. The van der Waals surface area contributed by atoms with Gasteiger partial charge in [-0.3, -0.25) is 14.4 Å². The molecule has 5 N–H and O–H groups in total. The molecule has 0 aromatic heterocycles. The van der Waals surface area contributed by atoms with E-state index in [2.05, 4.69) is 10.6 Å². The van der Waals surface area contributed by atoms with Crippen LogP contribution in [0.1, 0.15) is 76.6 Å². The Morgan fingerprint density at radius 1 is 1.11 bits per heavy atom. The fourth-order valence-electron chi connectivity index (χ4n) is 4.04. The third-order valence-electron chi connectivity index (χ3n) is 5.50. The predicted molar refractivity (Wildman–Crippen MR) is 137 cm³/mol. The number of alkyl carbamates (subject to hydrolysis) is 1. The Kier molecular flexibility index (Phi) is 11.9. The summed E-state index contributed by atoms with van der Waals surface area (Å²) in [5.41, 5.74) is 6.69. The monoisotopic (exact) mass is 506 g/mol. The standard InChI is InChI=1S/C26H42N4O6/c1-8-10-18(4)28-23(33)22(21-16(2)11-9-12-17(21)3)30(13-14-31)24(34)19(15-20(27)32)29-25(35)36-26(5,6)7/h9,11-12,18-19,22,31H,8,10,13-15H2,1-7H3,(H2,27,32)(H,28,33)(H,29,35). The second kappa shape index (κ2) is 13.8. The van der Waals surface area contributed by atoms with Crippen molar-refractivity contribution in [3.8, 4) is 0 Å². The van der Waals surface area contributed by atoms with Crippen molar-refractivity contribution in [2.45, 2.75) is 91.5 Å². The summed E-state index contributed by atoms with van der Waals surface area (Å²) in [6, 6.07) is 2.86. The van der Waals surface area contributed by atoms with E-state index in [-0.39, 0.29) is 12.6 Å². The number of aliphatic hydroxyl groups excluding tert-OH is 1. The molecule has 3 atom stereocenters. The Hall–Kier alpha value is -3.14. The maximum absolute atomic E-state index is 13.8. The number of rotatable bonds is 12. The maximum atomic E-state index is 13.8. The van der Waals surface area contributed by atoms with Gasteiger partial charge in [0, 0.05) is 12.6 Å². The number of amides is 4. The minimum atomic E-state index is -1.39. The van der Waals surface area contributed by atoms with E-state index in [1.807, 2.05) is 45.9 Å². The van der Waals surface area contributed by atoms with E-state index in [1.165, 1.54) is 4.90 Å². The van der Waals surface area contributed by atoms with Crippen LogP contribution in [0.4, 0.5) is 4.79 Å². The molecule has 0 fully saturated rings. The molecular weight excluding hydrogens is 464 g/mol. The van der Waals surface area contributed by atoms with E-state index in [1.54, 1.807) is 20.8 Å². The molecule has 0 spiro atoms. The van der Waals surface area contributed by atoms with Gasteiger partial charge in [-0.2, -0.15) is 0 Å². The summed E-state index contributed by atoms with van der Waals surface area (Å²) < 4.78 is 5.25. The second-order valence-corrected chi connectivity index (χ2v) is 10.0. The summed E-state index contributed by atoms with van der Waals surface area (Å²) in [4.78, 5) is 52.8. The van der Waals surface area contributed by atoms with Gasteiger partial charge in [0.05, 0.1) is 13.0 Å². The molecule has 1 aromatic rings. The first-order chi connectivity index (χ1) is 16.7. The summed E-state index contributed by atoms with van der Waals surface area (Å²) in [6.07, 6.45) is 0.183. The molecule has 0 aliphatic carbocycles. The molecule has 0 heterocycles. The highest BCUT2D eigenvalue weighted by molar-refractivity contribution is 5.94. The SMILES string of the molecule is CCCC(C)NC(=O)C(c1c(C)cccc1C)N(CCO)C(=O)C(CC(N)=O)NC(=O)OC(C)(C)C. The van der Waals surface area contributed by atoms with Crippen molar-refractivity contribution >= 4 is 23.8 Å². The molecule has 202 valence electrons. The highest BCUT2D eigenvalue weighted by Crippen LogP contribution is 2.29. The molecule has 3 unspecified atom stereocenters. The molecule has 0 aliphatic rings. The van der Waals surface area contributed by atoms with E-state index in [9.17, 15) is 24.3 Å². The Morgan fingerprint density at radius 2 is 1.69 bits per heavy atom. The summed E-state index contributed by atoms with van der Waals surface area (Å²) in [7, 11) is 0. The average Bonchev–Trinajstić information content (AvgIpc) is 2.72. The minimum Gasteiger partial charge on any atom is -0.444 e. The topological polar surface area (TPSA) is 151 Å². The number of nitrogens with zero attached hydrogens (tertiary/aromatic N) is 1. The molecule has 1 rings (SSSR count). The Labute approximate surface area is 213 Å². The smallest absolute Gasteiger partial charge is 0.408 e. The number of ether oxygens (including phenoxy) is 1. The molecule has 36 heavy (non-hydrogen) atoms. The van der Waals surface area contributed by atoms with Crippen molar-refractivity contribution in [2.75, 3.05) is 13.2 Å². The molecule has 0 radical (unpaired) electrons. The predicted octanol–water partition coefficient (Wildman–Crippen LogP) is 2.24. The van der Waals surface area contributed by atoms with Crippen LogP contribution in [0.15, 0.2) is 18.2 Å². The Morgan fingerprint density at radius 3 is 2.17 bits per heavy atom. The van der Waals surface area contributed by atoms with Gasteiger partial charge < -0.3 is 31.1 Å². The zero-order valence-electron chi connectivity index (χ0n) is 22.5. The molecular formula is C26H42N4O6. The maximum Gasteiger partial charge on any atom is 0.408 e. The number of hydrogen-bond acceptors (Lipinski definition) is 6. The van der Waals surface area contributed by atoms with Gasteiger partial charge in [-0.25, -0.2) is 4.79 Å².